The van der Waals surface area contributed by atoms with Crippen LogP contribution in [0.2, 0.25) is 0 Å². The zero-order chi connectivity index (χ0) is 19.4. The van der Waals surface area contributed by atoms with Gasteiger partial charge >= 0.3 is 0 Å². The molecule has 0 spiro atoms. The SMILES string of the molecule is Cc1cc(C(=O)Nc2ccc(F)cc2)cnc1C(=O)Nc1ccc(F)cc1. The number of rotatable bonds is 4. The summed E-state index contributed by atoms with van der Waals surface area (Å²) in [4.78, 5) is 28.7. The number of nitrogens with zero attached hydrogens (tertiary/aromatic N) is 1. The van der Waals surface area contributed by atoms with Crippen LogP contribution in [0.25, 0.3) is 0 Å². The van der Waals surface area contributed by atoms with Gasteiger partial charge in [-0.2, -0.15) is 0 Å². The fraction of sp³-hybridized carbons (Fsp3) is 0.0500. The van der Waals surface area contributed by atoms with E-state index in [1.54, 1.807) is 6.92 Å². The van der Waals surface area contributed by atoms with Crippen molar-refractivity contribution in [1.29, 1.82) is 0 Å². The highest BCUT2D eigenvalue weighted by Crippen LogP contribution is 2.15. The van der Waals surface area contributed by atoms with Gasteiger partial charge in [-0.3, -0.25) is 9.59 Å². The average molecular weight is 367 g/mol. The number of nitrogens with one attached hydrogen (secondary N) is 2. The molecule has 27 heavy (non-hydrogen) atoms. The molecule has 3 rings (SSSR count). The van der Waals surface area contributed by atoms with Crippen molar-refractivity contribution in [2.45, 2.75) is 6.92 Å². The van der Waals surface area contributed by atoms with Gasteiger partial charge in [0.15, 0.2) is 0 Å². The lowest BCUT2D eigenvalue weighted by molar-refractivity contribution is 0.101. The first-order valence-corrected chi connectivity index (χ1v) is 8.03. The van der Waals surface area contributed by atoms with Gasteiger partial charge in [0.05, 0.1) is 5.56 Å². The molecule has 0 fully saturated rings. The molecule has 0 aliphatic rings. The molecule has 1 heterocycles. The van der Waals surface area contributed by atoms with Crippen LogP contribution in [0.5, 0.6) is 0 Å². The van der Waals surface area contributed by atoms with Crippen molar-refractivity contribution in [3.8, 4) is 0 Å². The number of hydrogen-bond donors (Lipinski definition) is 2. The minimum absolute atomic E-state index is 0.151. The summed E-state index contributed by atoms with van der Waals surface area (Å²) in [5, 5.41) is 5.24. The highest BCUT2D eigenvalue weighted by Gasteiger charge is 2.15. The lowest BCUT2D eigenvalue weighted by Gasteiger charge is -2.09. The molecule has 0 bridgehead atoms. The topological polar surface area (TPSA) is 71.1 Å². The first-order valence-electron chi connectivity index (χ1n) is 8.03. The Bertz CT molecular complexity index is 987. The van der Waals surface area contributed by atoms with Crippen molar-refractivity contribution < 1.29 is 18.4 Å². The monoisotopic (exact) mass is 367 g/mol. The third kappa shape index (κ3) is 4.52. The molecular weight excluding hydrogens is 352 g/mol. The zero-order valence-electron chi connectivity index (χ0n) is 14.3. The molecule has 0 radical (unpaired) electrons. The fourth-order valence-corrected chi connectivity index (χ4v) is 2.40. The number of aromatic nitrogens is 1. The highest BCUT2D eigenvalue weighted by atomic mass is 19.1. The van der Waals surface area contributed by atoms with Crippen LogP contribution < -0.4 is 10.6 Å². The summed E-state index contributed by atoms with van der Waals surface area (Å²) in [6.45, 7) is 1.65. The third-order valence-electron chi connectivity index (χ3n) is 3.76. The molecule has 136 valence electrons. The second-order valence-corrected chi connectivity index (χ2v) is 5.81. The molecule has 3 aromatic rings. The zero-order valence-corrected chi connectivity index (χ0v) is 14.3. The molecule has 2 N–H and O–H groups in total. The summed E-state index contributed by atoms with van der Waals surface area (Å²) in [7, 11) is 0. The maximum Gasteiger partial charge on any atom is 0.274 e. The van der Waals surface area contributed by atoms with Gasteiger partial charge in [0.25, 0.3) is 11.8 Å². The van der Waals surface area contributed by atoms with Crippen LogP contribution in [0.1, 0.15) is 26.4 Å². The second kappa shape index (κ2) is 7.74. The molecule has 7 heteroatoms. The molecular formula is C20H15F2N3O2. The lowest BCUT2D eigenvalue weighted by Crippen LogP contribution is -2.17. The Kier molecular flexibility index (Phi) is 5.21. The van der Waals surface area contributed by atoms with Crippen LogP contribution in [0.15, 0.2) is 60.8 Å². The fourth-order valence-electron chi connectivity index (χ4n) is 2.40. The van der Waals surface area contributed by atoms with Gasteiger partial charge in [-0.15, -0.1) is 0 Å². The van der Waals surface area contributed by atoms with E-state index >= 15 is 0 Å². The van der Waals surface area contributed by atoms with Gasteiger partial charge in [0.2, 0.25) is 0 Å². The highest BCUT2D eigenvalue weighted by molar-refractivity contribution is 6.06. The van der Waals surface area contributed by atoms with Crippen LogP contribution in [-0.4, -0.2) is 16.8 Å². The first-order chi connectivity index (χ1) is 12.9. The largest absolute Gasteiger partial charge is 0.322 e. The number of pyridine rings is 1. The van der Waals surface area contributed by atoms with Gasteiger partial charge in [-0.05, 0) is 67.1 Å². The Balaban J connectivity index is 1.72. The van der Waals surface area contributed by atoms with Gasteiger partial charge in [-0.25, -0.2) is 13.8 Å². The number of hydrogen-bond acceptors (Lipinski definition) is 3. The summed E-state index contributed by atoms with van der Waals surface area (Å²) < 4.78 is 25.8. The van der Waals surface area contributed by atoms with E-state index in [-0.39, 0.29) is 11.3 Å². The Labute approximate surface area is 154 Å². The van der Waals surface area contributed by atoms with E-state index in [0.29, 0.717) is 16.9 Å². The second-order valence-electron chi connectivity index (χ2n) is 5.81. The first kappa shape index (κ1) is 18.2. The third-order valence-corrected chi connectivity index (χ3v) is 3.76. The number of carbonyl (C=O) groups is 2. The molecule has 1 aromatic heterocycles. The minimum Gasteiger partial charge on any atom is -0.322 e. The van der Waals surface area contributed by atoms with E-state index in [9.17, 15) is 18.4 Å². The van der Waals surface area contributed by atoms with Crippen LogP contribution in [0, 0.1) is 18.6 Å². The van der Waals surface area contributed by atoms with Gasteiger partial charge < -0.3 is 10.6 Å². The number of amides is 2. The molecule has 0 unspecified atom stereocenters. The number of anilines is 2. The standard InChI is InChI=1S/C20H15F2N3O2/c1-12-10-13(19(26)24-16-6-2-14(21)3-7-16)11-23-18(12)20(27)25-17-8-4-15(22)5-9-17/h2-11H,1H3,(H,24,26)(H,25,27). The molecule has 0 aliphatic heterocycles. The van der Waals surface area contributed by atoms with E-state index in [4.69, 9.17) is 0 Å². The number of benzene rings is 2. The molecule has 0 aliphatic carbocycles. The maximum absolute atomic E-state index is 12.9. The van der Waals surface area contributed by atoms with Gasteiger partial charge in [0.1, 0.15) is 17.3 Å². The maximum atomic E-state index is 12.9. The predicted octanol–water partition coefficient (Wildman–Crippen LogP) is 4.17. The summed E-state index contributed by atoms with van der Waals surface area (Å²) >= 11 is 0. The molecule has 2 amide bonds. The smallest absolute Gasteiger partial charge is 0.274 e. The Hall–Kier alpha value is -3.61. The van der Waals surface area contributed by atoms with Crippen molar-refractivity contribution in [3.05, 3.63) is 89.2 Å². The number of carbonyl (C=O) groups excluding carboxylic acids is 2. The van der Waals surface area contributed by atoms with Crippen LogP contribution in [0.4, 0.5) is 20.2 Å². The molecule has 0 saturated carbocycles. The Morgan fingerprint density at radius 2 is 1.30 bits per heavy atom. The van der Waals surface area contributed by atoms with Crippen molar-refractivity contribution >= 4 is 23.2 Å². The van der Waals surface area contributed by atoms with Crippen molar-refractivity contribution in [3.63, 3.8) is 0 Å². The number of halogens is 2. The van der Waals surface area contributed by atoms with E-state index < -0.39 is 23.4 Å². The average Bonchev–Trinajstić information content (AvgIpc) is 2.65. The number of aryl methyl sites for hydroxylation is 1. The Morgan fingerprint density at radius 3 is 1.78 bits per heavy atom. The van der Waals surface area contributed by atoms with E-state index in [1.165, 1.54) is 60.8 Å². The van der Waals surface area contributed by atoms with Crippen LogP contribution in [0.3, 0.4) is 0 Å². The predicted molar refractivity (Wildman–Crippen MR) is 97.7 cm³/mol. The van der Waals surface area contributed by atoms with Crippen molar-refractivity contribution in [2.75, 3.05) is 10.6 Å². The minimum atomic E-state index is -0.468. The van der Waals surface area contributed by atoms with Gasteiger partial charge in [-0.1, -0.05) is 0 Å². The lowest BCUT2D eigenvalue weighted by atomic mass is 10.1. The van der Waals surface area contributed by atoms with Gasteiger partial charge in [0, 0.05) is 17.6 Å². The summed E-state index contributed by atoms with van der Waals surface area (Å²) in [6, 6.07) is 12.2. The van der Waals surface area contributed by atoms with Crippen LogP contribution >= 0.6 is 0 Å². The molecule has 2 aromatic carbocycles. The summed E-state index contributed by atoms with van der Waals surface area (Å²) in [5.74, 6) is -1.70. The molecule has 0 atom stereocenters. The molecule has 0 saturated heterocycles. The van der Waals surface area contributed by atoms with E-state index in [1.807, 2.05) is 0 Å². The van der Waals surface area contributed by atoms with E-state index in [0.717, 1.165) is 0 Å². The van der Waals surface area contributed by atoms with Crippen LogP contribution in [-0.2, 0) is 0 Å². The summed E-state index contributed by atoms with van der Waals surface area (Å²) in [6.07, 6.45) is 1.28. The Morgan fingerprint density at radius 1 is 0.815 bits per heavy atom. The molecule has 5 nitrogen and oxygen atoms in total. The van der Waals surface area contributed by atoms with Crippen molar-refractivity contribution in [1.82, 2.24) is 4.98 Å². The summed E-state index contributed by atoms with van der Waals surface area (Å²) in [5.41, 5.74) is 1.78. The van der Waals surface area contributed by atoms with Crippen molar-refractivity contribution in [2.24, 2.45) is 0 Å². The quantitative estimate of drug-likeness (QED) is 0.727. The normalized spacial score (nSPS) is 10.3. The van der Waals surface area contributed by atoms with E-state index in [2.05, 4.69) is 15.6 Å².